The van der Waals surface area contributed by atoms with Gasteiger partial charge in [0.05, 0.1) is 12.6 Å². The number of nitrogens with one attached hydrogen (secondary N) is 1. The van der Waals surface area contributed by atoms with Crippen LogP contribution in [0.2, 0.25) is 0 Å². The second-order valence-corrected chi connectivity index (χ2v) is 4.69. The van der Waals surface area contributed by atoms with Gasteiger partial charge in [-0.15, -0.1) is 0 Å². The van der Waals surface area contributed by atoms with E-state index in [1.165, 1.54) is 32.1 Å². The molecule has 86 valence electrons. The second-order valence-electron chi connectivity index (χ2n) is 4.69. The van der Waals surface area contributed by atoms with E-state index in [0.29, 0.717) is 0 Å². The van der Waals surface area contributed by atoms with Crippen LogP contribution in [0.4, 0.5) is 0 Å². The zero-order valence-corrected chi connectivity index (χ0v) is 9.37. The molecule has 1 atom stereocenters. The molecule has 3 heteroatoms. The first-order chi connectivity index (χ1) is 7.40. The fraction of sp³-hybridized carbons (Fsp3) is 0.833. The second kappa shape index (κ2) is 5.52. The van der Waals surface area contributed by atoms with E-state index in [-0.39, 0.29) is 6.04 Å². The maximum Gasteiger partial charge on any atom is 0.110 e. The van der Waals surface area contributed by atoms with Gasteiger partial charge in [-0.2, -0.15) is 0 Å². The molecular formula is C12H22N2O. The van der Waals surface area contributed by atoms with Gasteiger partial charge in [0.15, 0.2) is 0 Å². The smallest absolute Gasteiger partial charge is 0.110 e. The third-order valence-corrected chi connectivity index (χ3v) is 3.62. The van der Waals surface area contributed by atoms with Gasteiger partial charge in [0.25, 0.3) is 0 Å². The average Bonchev–Trinajstić information content (AvgIpc) is 2.90. The SMILES string of the molecule is NNC(CCC1CCCC1)C1=CCCO1. The summed E-state index contributed by atoms with van der Waals surface area (Å²) in [7, 11) is 0. The van der Waals surface area contributed by atoms with Crippen LogP contribution in [0.1, 0.15) is 44.9 Å². The minimum absolute atomic E-state index is 0.244. The number of rotatable bonds is 5. The van der Waals surface area contributed by atoms with E-state index in [1.54, 1.807) is 0 Å². The first kappa shape index (κ1) is 11.0. The number of nitrogens with two attached hydrogens (primary N) is 1. The lowest BCUT2D eigenvalue weighted by Gasteiger charge is -2.18. The van der Waals surface area contributed by atoms with Crippen LogP contribution in [0.15, 0.2) is 11.8 Å². The van der Waals surface area contributed by atoms with Gasteiger partial charge < -0.3 is 4.74 Å². The third-order valence-electron chi connectivity index (χ3n) is 3.62. The largest absolute Gasteiger partial charge is 0.496 e. The van der Waals surface area contributed by atoms with Gasteiger partial charge in [-0.25, -0.2) is 5.43 Å². The van der Waals surface area contributed by atoms with Crippen LogP contribution < -0.4 is 11.3 Å². The fourth-order valence-electron chi connectivity index (χ4n) is 2.69. The Labute approximate surface area is 92.0 Å². The number of hydrogen-bond acceptors (Lipinski definition) is 3. The molecule has 0 radical (unpaired) electrons. The Morgan fingerprint density at radius 3 is 2.87 bits per heavy atom. The van der Waals surface area contributed by atoms with Crippen LogP contribution in [0, 0.1) is 5.92 Å². The van der Waals surface area contributed by atoms with E-state index in [1.807, 2.05) is 0 Å². The quantitative estimate of drug-likeness (QED) is 0.539. The van der Waals surface area contributed by atoms with Gasteiger partial charge in [0.1, 0.15) is 5.76 Å². The maximum absolute atomic E-state index is 5.57. The Bertz CT molecular complexity index is 222. The number of hydrazine groups is 1. The molecule has 1 heterocycles. The summed E-state index contributed by atoms with van der Waals surface area (Å²) in [5.74, 6) is 7.56. The first-order valence-corrected chi connectivity index (χ1v) is 6.19. The van der Waals surface area contributed by atoms with Crippen LogP contribution in [0.3, 0.4) is 0 Å². The van der Waals surface area contributed by atoms with E-state index in [0.717, 1.165) is 31.1 Å². The summed E-state index contributed by atoms with van der Waals surface area (Å²) >= 11 is 0. The average molecular weight is 210 g/mol. The van der Waals surface area contributed by atoms with Gasteiger partial charge in [-0.1, -0.05) is 25.7 Å². The summed E-state index contributed by atoms with van der Waals surface area (Å²) < 4.78 is 5.54. The highest BCUT2D eigenvalue weighted by molar-refractivity contribution is 5.06. The zero-order valence-electron chi connectivity index (χ0n) is 9.37. The molecule has 3 nitrogen and oxygen atoms in total. The molecule has 0 spiro atoms. The van der Waals surface area contributed by atoms with Gasteiger partial charge in [0.2, 0.25) is 0 Å². The van der Waals surface area contributed by atoms with Crippen molar-refractivity contribution in [3.05, 3.63) is 11.8 Å². The topological polar surface area (TPSA) is 47.3 Å². The molecular weight excluding hydrogens is 188 g/mol. The molecule has 0 amide bonds. The van der Waals surface area contributed by atoms with Gasteiger partial charge in [-0.05, 0) is 24.8 Å². The van der Waals surface area contributed by atoms with Crippen molar-refractivity contribution in [3.8, 4) is 0 Å². The molecule has 0 aromatic heterocycles. The Hall–Kier alpha value is -0.540. The van der Waals surface area contributed by atoms with Crippen LogP contribution in [-0.4, -0.2) is 12.6 Å². The summed E-state index contributed by atoms with van der Waals surface area (Å²) in [6.45, 7) is 0.830. The molecule has 0 bridgehead atoms. The highest BCUT2D eigenvalue weighted by atomic mass is 16.5. The predicted octanol–water partition coefficient (Wildman–Crippen LogP) is 2.09. The van der Waals surface area contributed by atoms with Crippen LogP contribution in [-0.2, 0) is 4.74 Å². The van der Waals surface area contributed by atoms with Crippen molar-refractivity contribution < 1.29 is 4.74 Å². The summed E-state index contributed by atoms with van der Waals surface area (Å²) in [5.41, 5.74) is 2.87. The Balaban J connectivity index is 1.74. The molecule has 0 aromatic carbocycles. The van der Waals surface area contributed by atoms with Crippen LogP contribution in [0.25, 0.3) is 0 Å². The molecule has 1 saturated carbocycles. The summed E-state index contributed by atoms with van der Waals surface area (Å²) in [6.07, 6.45) is 11.3. The van der Waals surface area contributed by atoms with Crippen molar-refractivity contribution in [1.82, 2.24) is 5.43 Å². The van der Waals surface area contributed by atoms with Gasteiger partial charge in [-0.3, -0.25) is 5.84 Å². The van der Waals surface area contributed by atoms with Gasteiger partial charge >= 0.3 is 0 Å². The van der Waals surface area contributed by atoms with Crippen LogP contribution >= 0.6 is 0 Å². The number of ether oxygens (including phenoxy) is 1. The summed E-state index contributed by atoms with van der Waals surface area (Å²) in [5, 5.41) is 0. The lowest BCUT2D eigenvalue weighted by Crippen LogP contribution is -2.37. The van der Waals surface area contributed by atoms with E-state index in [2.05, 4.69) is 11.5 Å². The monoisotopic (exact) mass is 210 g/mol. The Kier molecular flexibility index (Phi) is 4.03. The fourth-order valence-corrected chi connectivity index (χ4v) is 2.69. The first-order valence-electron chi connectivity index (χ1n) is 6.19. The molecule has 1 unspecified atom stereocenters. The lowest BCUT2D eigenvalue weighted by molar-refractivity contribution is 0.208. The highest BCUT2D eigenvalue weighted by Gasteiger charge is 2.21. The van der Waals surface area contributed by atoms with Crippen molar-refractivity contribution >= 4 is 0 Å². The van der Waals surface area contributed by atoms with Crippen molar-refractivity contribution in [2.45, 2.75) is 51.0 Å². The summed E-state index contributed by atoms with van der Waals surface area (Å²) in [6, 6.07) is 0.244. The molecule has 1 fully saturated rings. The molecule has 2 aliphatic rings. The van der Waals surface area contributed by atoms with Crippen molar-refractivity contribution in [2.24, 2.45) is 11.8 Å². The normalized spacial score (nSPS) is 23.9. The number of hydrogen-bond donors (Lipinski definition) is 2. The van der Waals surface area contributed by atoms with E-state index in [9.17, 15) is 0 Å². The summed E-state index contributed by atoms with van der Waals surface area (Å²) in [4.78, 5) is 0. The van der Waals surface area contributed by atoms with Gasteiger partial charge in [0, 0.05) is 6.42 Å². The minimum atomic E-state index is 0.244. The molecule has 1 aliphatic heterocycles. The molecule has 2 rings (SSSR count). The van der Waals surface area contributed by atoms with E-state index < -0.39 is 0 Å². The van der Waals surface area contributed by atoms with Crippen molar-refractivity contribution in [2.75, 3.05) is 6.61 Å². The molecule has 3 N–H and O–H groups in total. The highest BCUT2D eigenvalue weighted by Crippen LogP contribution is 2.30. The Morgan fingerprint density at radius 1 is 1.47 bits per heavy atom. The van der Waals surface area contributed by atoms with E-state index >= 15 is 0 Å². The maximum atomic E-state index is 5.57. The lowest BCUT2D eigenvalue weighted by atomic mass is 9.98. The standard InChI is InChI=1S/C12H22N2O/c13-14-11(12-6-3-9-15-12)8-7-10-4-1-2-5-10/h6,10-11,14H,1-5,7-9,13H2. The van der Waals surface area contributed by atoms with Crippen molar-refractivity contribution in [1.29, 1.82) is 0 Å². The van der Waals surface area contributed by atoms with Crippen LogP contribution in [0.5, 0.6) is 0 Å². The molecule has 15 heavy (non-hydrogen) atoms. The third kappa shape index (κ3) is 2.95. The van der Waals surface area contributed by atoms with E-state index in [4.69, 9.17) is 10.6 Å². The predicted molar refractivity (Wildman–Crippen MR) is 61.0 cm³/mol. The molecule has 0 aromatic rings. The molecule has 1 aliphatic carbocycles. The zero-order chi connectivity index (χ0) is 10.5. The van der Waals surface area contributed by atoms with Crippen molar-refractivity contribution in [3.63, 3.8) is 0 Å². The Morgan fingerprint density at radius 2 is 2.27 bits per heavy atom. The molecule has 0 saturated heterocycles. The minimum Gasteiger partial charge on any atom is -0.496 e.